The van der Waals surface area contributed by atoms with Crippen molar-refractivity contribution in [2.45, 2.75) is 29.3 Å². The molecular weight excluding hydrogens is 659 g/mol. The Kier molecular flexibility index (Phi) is 8.68. The van der Waals surface area contributed by atoms with Crippen molar-refractivity contribution in [1.82, 2.24) is 4.98 Å². The normalized spacial score (nSPS) is 18.8. The smallest absolute Gasteiger partial charge is 0.418 e. The Bertz CT molecular complexity index is 1940. The molecule has 4 aromatic rings. The Morgan fingerprint density at radius 2 is 1.72 bits per heavy atom. The van der Waals surface area contributed by atoms with Crippen LogP contribution in [0.2, 0.25) is 0 Å². The zero-order chi connectivity index (χ0) is 33.5. The number of aromatic amines is 1. The van der Waals surface area contributed by atoms with Crippen LogP contribution < -0.4 is 19.8 Å². The molecular formula is C32H24F3N3O7S2. The van der Waals surface area contributed by atoms with Crippen molar-refractivity contribution in [3.8, 4) is 5.75 Å². The van der Waals surface area contributed by atoms with E-state index in [4.69, 9.17) is 9.47 Å². The van der Waals surface area contributed by atoms with Gasteiger partial charge in [0.1, 0.15) is 11.0 Å². The van der Waals surface area contributed by atoms with Gasteiger partial charge in [-0.25, -0.2) is 9.69 Å². The largest absolute Gasteiger partial charge is 0.484 e. The van der Waals surface area contributed by atoms with Gasteiger partial charge in [-0.15, -0.1) is 0 Å². The number of benzene rings is 3. The lowest BCUT2D eigenvalue weighted by Gasteiger charge is -2.30. The van der Waals surface area contributed by atoms with Gasteiger partial charge in [-0.3, -0.25) is 19.2 Å². The van der Waals surface area contributed by atoms with E-state index in [2.05, 4.69) is 10.3 Å². The number of rotatable bonds is 8. The summed E-state index contributed by atoms with van der Waals surface area (Å²) in [4.78, 5) is 68.8. The summed E-state index contributed by atoms with van der Waals surface area (Å²) in [5.41, 5.74) is -0.352. The first kappa shape index (κ1) is 32.1. The standard InChI is InChI=1S/C32H24F3N3O7S2/c1-2-44-30(42)16-10-12-18(13-11-16)38-28(40)24-23(25-27(37-31(43)47-25)46-26(24)29(38)41)17-6-5-7-19(14-17)45-15-22(39)36-21-9-4-3-8-20(21)32(33,34)35/h3-14,23-24,26H,2,15H2,1H3,(H,36,39)(H,37,43)/t23-,24-,26+/m0/s1. The van der Waals surface area contributed by atoms with Crippen molar-refractivity contribution in [2.75, 3.05) is 23.4 Å². The number of nitrogens with one attached hydrogen (secondary N) is 2. The van der Waals surface area contributed by atoms with Crippen LogP contribution in [0, 0.1) is 5.92 Å². The van der Waals surface area contributed by atoms with E-state index in [9.17, 15) is 37.1 Å². The molecule has 10 nitrogen and oxygen atoms in total. The van der Waals surface area contributed by atoms with Gasteiger partial charge in [-0.05, 0) is 61.0 Å². The highest BCUT2D eigenvalue weighted by Crippen LogP contribution is 2.53. The number of nitrogens with zero attached hydrogens (tertiary/aromatic N) is 1. The first-order valence-corrected chi connectivity index (χ1v) is 15.9. The number of imide groups is 1. The molecule has 6 rings (SSSR count). The molecule has 0 spiro atoms. The summed E-state index contributed by atoms with van der Waals surface area (Å²) in [7, 11) is 0. The SMILES string of the molecule is CCOC(=O)c1ccc(N2C(=O)[C@H]3[C@H](c4cccc(OCC(=O)Nc5ccccc5C(F)(F)F)c4)c4sc(=O)[nH]c4S[C@H]3C2=O)cc1. The predicted octanol–water partition coefficient (Wildman–Crippen LogP) is 5.45. The fourth-order valence-corrected chi connectivity index (χ4v) is 8.08. The van der Waals surface area contributed by atoms with E-state index in [0.29, 0.717) is 15.5 Å². The summed E-state index contributed by atoms with van der Waals surface area (Å²) >= 11 is 2.02. The van der Waals surface area contributed by atoms with E-state index < -0.39 is 64.8 Å². The molecule has 3 atom stereocenters. The van der Waals surface area contributed by atoms with Gasteiger partial charge >= 0.3 is 17.0 Å². The van der Waals surface area contributed by atoms with Gasteiger partial charge in [-0.1, -0.05) is 47.4 Å². The van der Waals surface area contributed by atoms with Gasteiger partial charge in [0.2, 0.25) is 11.8 Å². The number of carbonyl (C=O) groups excluding carboxylic acids is 4. The van der Waals surface area contributed by atoms with Crippen LogP contribution in [-0.2, 0) is 25.3 Å². The van der Waals surface area contributed by atoms with E-state index >= 15 is 0 Å². The maximum atomic E-state index is 14.0. The van der Waals surface area contributed by atoms with E-state index in [0.717, 1.165) is 40.1 Å². The topological polar surface area (TPSA) is 135 Å². The van der Waals surface area contributed by atoms with Crippen molar-refractivity contribution < 1.29 is 41.8 Å². The van der Waals surface area contributed by atoms with Crippen LogP contribution in [0.4, 0.5) is 24.5 Å². The number of anilines is 2. The monoisotopic (exact) mass is 683 g/mol. The lowest BCUT2D eigenvalue weighted by atomic mass is 9.83. The summed E-state index contributed by atoms with van der Waals surface area (Å²) in [5.74, 6) is -3.81. The first-order valence-electron chi connectivity index (χ1n) is 14.2. The van der Waals surface area contributed by atoms with Gasteiger partial charge in [0.15, 0.2) is 6.61 Å². The zero-order valence-electron chi connectivity index (χ0n) is 24.3. The van der Waals surface area contributed by atoms with Gasteiger partial charge < -0.3 is 19.8 Å². The fourth-order valence-electron chi connectivity index (χ4n) is 5.56. The zero-order valence-corrected chi connectivity index (χ0v) is 26.0. The molecule has 2 aliphatic rings. The number of hydrogen-bond donors (Lipinski definition) is 2. The van der Waals surface area contributed by atoms with Gasteiger partial charge in [0.05, 0.1) is 40.1 Å². The summed E-state index contributed by atoms with van der Waals surface area (Å²) < 4.78 is 50.7. The number of H-pyrrole nitrogens is 1. The number of carbonyl (C=O) groups is 4. The van der Waals surface area contributed by atoms with Gasteiger partial charge in [0.25, 0.3) is 5.91 Å². The number of para-hydroxylation sites is 1. The Balaban J connectivity index is 1.25. The molecule has 0 bridgehead atoms. The third-order valence-electron chi connectivity index (χ3n) is 7.55. The van der Waals surface area contributed by atoms with Crippen LogP contribution in [-0.4, -0.2) is 47.1 Å². The molecule has 0 radical (unpaired) electrons. The minimum Gasteiger partial charge on any atom is -0.484 e. The second-order valence-electron chi connectivity index (χ2n) is 10.5. The summed E-state index contributed by atoms with van der Waals surface area (Å²) in [6.45, 7) is 1.25. The van der Waals surface area contributed by atoms with Crippen LogP contribution in [0.25, 0.3) is 0 Å². The third-order valence-corrected chi connectivity index (χ3v) is 9.96. The number of aromatic nitrogens is 1. The van der Waals surface area contributed by atoms with Gasteiger partial charge in [-0.2, -0.15) is 13.2 Å². The molecule has 242 valence electrons. The number of thiazole rings is 1. The van der Waals surface area contributed by atoms with Gasteiger partial charge in [0, 0.05) is 10.8 Å². The van der Waals surface area contributed by atoms with Crippen LogP contribution in [0.1, 0.15) is 39.2 Å². The molecule has 1 saturated heterocycles. The number of amides is 3. The summed E-state index contributed by atoms with van der Waals surface area (Å²) in [6.07, 6.45) is -4.67. The number of esters is 1. The molecule has 3 heterocycles. The Morgan fingerprint density at radius 3 is 2.45 bits per heavy atom. The Morgan fingerprint density at radius 1 is 0.979 bits per heavy atom. The molecule has 0 aliphatic carbocycles. The number of ether oxygens (including phenoxy) is 2. The molecule has 0 saturated carbocycles. The molecule has 1 fully saturated rings. The van der Waals surface area contributed by atoms with E-state index in [1.807, 2.05) is 0 Å². The van der Waals surface area contributed by atoms with E-state index in [-0.39, 0.29) is 28.5 Å². The van der Waals surface area contributed by atoms with Crippen molar-refractivity contribution in [3.63, 3.8) is 0 Å². The first-order chi connectivity index (χ1) is 22.5. The molecule has 15 heteroatoms. The van der Waals surface area contributed by atoms with Crippen molar-refractivity contribution in [2.24, 2.45) is 5.92 Å². The van der Waals surface area contributed by atoms with Crippen molar-refractivity contribution >= 4 is 58.2 Å². The number of fused-ring (bicyclic) bond motifs is 2. The highest BCUT2D eigenvalue weighted by Gasteiger charge is 2.56. The maximum Gasteiger partial charge on any atom is 0.418 e. The molecule has 2 aliphatic heterocycles. The quantitative estimate of drug-likeness (QED) is 0.185. The van der Waals surface area contributed by atoms with Crippen LogP contribution in [0.15, 0.2) is 82.6 Å². The molecule has 2 N–H and O–H groups in total. The lowest BCUT2D eigenvalue weighted by molar-refractivity contribution is -0.137. The van der Waals surface area contributed by atoms with Crippen LogP contribution >= 0.6 is 23.1 Å². The average Bonchev–Trinajstić information content (AvgIpc) is 3.53. The molecule has 1 aromatic heterocycles. The van der Waals surface area contributed by atoms with E-state index in [1.165, 1.54) is 42.5 Å². The summed E-state index contributed by atoms with van der Waals surface area (Å²) in [6, 6.07) is 16.9. The Labute approximate surface area is 272 Å². The molecule has 3 amide bonds. The highest BCUT2D eigenvalue weighted by atomic mass is 32.2. The fraction of sp³-hybridized carbons (Fsp3) is 0.219. The van der Waals surface area contributed by atoms with Crippen molar-refractivity contribution in [3.05, 3.63) is 104 Å². The molecule has 47 heavy (non-hydrogen) atoms. The lowest BCUT2D eigenvalue weighted by Crippen LogP contribution is -2.32. The highest BCUT2D eigenvalue weighted by molar-refractivity contribution is 8.00. The summed E-state index contributed by atoms with van der Waals surface area (Å²) in [5, 5.41) is 1.80. The average molecular weight is 684 g/mol. The maximum absolute atomic E-state index is 14.0. The molecule has 0 unspecified atom stereocenters. The van der Waals surface area contributed by atoms with E-state index in [1.54, 1.807) is 25.1 Å². The minimum atomic E-state index is -4.67. The predicted molar refractivity (Wildman–Crippen MR) is 167 cm³/mol. The minimum absolute atomic E-state index is 0.184. The van der Waals surface area contributed by atoms with Crippen molar-refractivity contribution in [1.29, 1.82) is 0 Å². The van der Waals surface area contributed by atoms with Crippen LogP contribution in [0.3, 0.4) is 0 Å². The number of alkyl halides is 3. The third kappa shape index (κ3) is 6.27. The second-order valence-corrected chi connectivity index (χ2v) is 12.6. The second kappa shape index (κ2) is 12.7. The number of thioether (sulfide) groups is 1. The number of halogens is 3. The van der Waals surface area contributed by atoms with Crippen LogP contribution in [0.5, 0.6) is 5.75 Å². The number of hydrogen-bond acceptors (Lipinski definition) is 9. The molecule has 3 aromatic carbocycles. The Hall–Kier alpha value is -4.89.